The van der Waals surface area contributed by atoms with Crippen LogP contribution in [0.3, 0.4) is 0 Å². The molecule has 1 atom stereocenters. The topological polar surface area (TPSA) is 64.9 Å². The zero-order valence-corrected chi connectivity index (χ0v) is 10.0. The van der Waals surface area contributed by atoms with Crippen molar-refractivity contribution in [2.24, 2.45) is 11.7 Å². The van der Waals surface area contributed by atoms with Crippen LogP contribution in [0.25, 0.3) is 0 Å². The summed E-state index contributed by atoms with van der Waals surface area (Å²) in [5, 5.41) is 3.94. The Balaban J connectivity index is 2.05. The van der Waals surface area contributed by atoms with E-state index in [2.05, 4.69) is 17.1 Å². The molecule has 5 heteroatoms. The Morgan fingerprint density at radius 1 is 1.60 bits per heavy atom. The van der Waals surface area contributed by atoms with E-state index in [1.54, 1.807) is 11.8 Å². The first-order valence-electron chi connectivity index (χ1n) is 5.34. The summed E-state index contributed by atoms with van der Waals surface area (Å²) in [5.41, 5.74) is 5.75. The lowest BCUT2D eigenvalue weighted by Crippen LogP contribution is -2.35. The fourth-order valence-electron chi connectivity index (χ4n) is 1.58. The molecule has 2 rings (SSSR count). The third kappa shape index (κ3) is 2.34. The van der Waals surface area contributed by atoms with Crippen molar-refractivity contribution in [2.75, 3.05) is 5.75 Å². The van der Waals surface area contributed by atoms with Gasteiger partial charge in [-0.05, 0) is 31.4 Å². The second kappa shape index (κ2) is 4.14. The molecule has 1 aromatic heterocycles. The Bertz CT molecular complexity index is 333. The maximum Gasteiger partial charge on any atom is 0.246 e. The van der Waals surface area contributed by atoms with Gasteiger partial charge in [0.25, 0.3) is 0 Å². The predicted octanol–water partition coefficient (Wildman–Crippen LogP) is 1.91. The number of nitrogens with zero attached hydrogens (tertiary/aromatic N) is 2. The smallest absolute Gasteiger partial charge is 0.246 e. The highest BCUT2D eigenvalue weighted by Gasteiger charge is 2.43. The summed E-state index contributed by atoms with van der Waals surface area (Å²) in [6, 6.07) is 0. The van der Waals surface area contributed by atoms with Crippen LogP contribution in [0.4, 0.5) is 0 Å². The van der Waals surface area contributed by atoms with Crippen molar-refractivity contribution in [1.82, 2.24) is 10.1 Å². The lowest BCUT2D eigenvalue weighted by Gasteiger charge is -2.18. The van der Waals surface area contributed by atoms with E-state index in [1.165, 1.54) is 12.8 Å². The largest absolute Gasteiger partial charge is 0.337 e. The van der Waals surface area contributed by atoms with E-state index >= 15 is 0 Å². The summed E-state index contributed by atoms with van der Waals surface area (Å²) in [7, 11) is 0. The van der Waals surface area contributed by atoms with Gasteiger partial charge in [-0.3, -0.25) is 0 Å². The third-order valence-electron chi connectivity index (χ3n) is 2.79. The highest BCUT2D eigenvalue weighted by atomic mass is 32.2. The average Bonchev–Trinajstić information content (AvgIpc) is 2.95. The first-order valence-corrected chi connectivity index (χ1v) is 6.49. The number of aromatic nitrogens is 2. The Hall–Kier alpha value is -0.550. The van der Waals surface area contributed by atoms with E-state index in [1.807, 2.05) is 6.92 Å². The van der Waals surface area contributed by atoms with Crippen LogP contribution in [-0.4, -0.2) is 15.9 Å². The molecule has 2 N–H and O–H groups in total. The first kappa shape index (κ1) is 11.0. The molecule has 1 heterocycles. The highest BCUT2D eigenvalue weighted by molar-refractivity contribution is 7.98. The Labute approximate surface area is 94.0 Å². The minimum absolute atomic E-state index is 0.428. The minimum Gasteiger partial charge on any atom is -0.337 e. The number of hydrogen-bond acceptors (Lipinski definition) is 5. The second-order valence-electron chi connectivity index (χ2n) is 4.21. The molecule has 4 nitrogen and oxygen atoms in total. The normalized spacial score (nSPS) is 20.2. The fraction of sp³-hybridized carbons (Fsp3) is 0.800. The molecule has 1 unspecified atom stereocenters. The van der Waals surface area contributed by atoms with Crippen molar-refractivity contribution in [1.29, 1.82) is 0 Å². The van der Waals surface area contributed by atoms with Crippen LogP contribution in [0.2, 0.25) is 0 Å². The zero-order valence-electron chi connectivity index (χ0n) is 9.19. The molecule has 1 aliphatic carbocycles. The van der Waals surface area contributed by atoms with Crippen molar-refractivity contribution in [2.45, 2.75) is 38.0 Å². The zero-order chi connectivity index (χ0) is 10.9. The van der Waals surface area contributed by atoms with Gasteiger partial charge in [-0.25, -0.2) is 0 Å². The Morgan fingerprint density at radius 3 is 2.93 bits per heavy atom. The SMILES string of the molecule is CCSCc1noc(C(C)(N)C2CC2)n1. The molecule has 0 amide bonds. The van der Waals surface area contributed by atoms with Gasteiger partial charge < -0.3 is 10.3 Å². The van der Waals surface area contributed by atoms with Crippen molar-refractivity contribution < 1.29 is 4.52 Å². The van der Waals surface area contributed by atoms with Crippen molar-refractivity contribution in [3.05, 3.63) is 11.7 Å². The molecule has 84 valence electrons. The van der Waals surface area contributed by atoms with Crippen LogP contribution in [0, 0.1) is 5.92 Å². The predicted molar refractivity (Wildman–Crippen MR) is 60.4 cm³/mol. The summed E-state index contributed by atoms with van der Waals surface area (Å²) in [5.74, 6) is 3.74. The molecule has 1 aromatic rings. The van der Waals surface area contributed by atoms with Crippen molar-refractivity contribution >= 4 is 11.8 Å². The van der Waals surface area contributed by atoms with Crippen molar-refractivity contribution in [3.63, 3.8) is 0 Å². The van der Waals surface area contributed by atoms with Gasteiger partial charge in [0.05, 0.1) is 11.3 Å². The molecule has 0 radical (unpaired) electrons. The third-order valence-corrected chi connectivity index (χ3v) is 3.66. The van der Waals surface area contributed by atoms with Crippen molar-refractivity contribution in [3.8, 4) is 0 Å². The monoisotopic (exact) mass is 227 g/mol. The molecular weight excluding hydrogens is 210 g/mol. The molecular formula is C10H17N3OS. The number of hydrogen-bond donors (Lipinski definition) is 1. The summed E-state index contributed by atoms with van der Waals surface area (Å²) < 4.78 is 5.23. The lowest BCUT2D eigenvalue weighted by atomic mass is 9.97. The van der Waals surface area contributed by atoms with Gasteiger partial charge in [0.1, 0.15) is 0 Å². The molecule has 15 heavy (non-hydrogen) atoms. The molecule has 0 aliphatic heterocycles. The van der Waals surface area contributed by atoms with Gasteiger partial charge in [-0.15, -0.1) is 0 Å². The highest BCUT2D eigenvalue weighted by Crippen LogP contribution is 2.43. The number of rotatable bonds is 5. The van der Waals surface area contributed by atoms with Crippen LogP contribution < -0.4 is 5.73 Å². The van der Waals surface area contributed by atoms with Crippen LogP contribution in [0.5, 0.6) is 0 Å². The van der Waals surface area contributed by atoms with E-state index in [4.69, 9.17) is 10.3 Å². The van der Waals surface area contributed by atoms with Gasteiger partial charge in [0.2, 0.25) is 5.89 Å². The molecule has 0 spiro atoms. The van der Waals surface area contributed by atoms with Crippen LogP contribution in [-0.2, 0) is 11.3 Å². The number of nitrogens with two attached hydrogens (primary N) is 1. The van der Waals surface area contributed by atoms with Gasteiger partial charge in [0.15, 0.2) is 5.82 Å². The standard InChI is InChI=1S/C10H17N3OS/c1-3-15-6-8-12-9(14-13-8)10(2,11)7-4-5-7/h7H,3-6,11H2,1-2H3. The summed E-state index contributed by atoms with van der Waals surface area (Å²) in [6.45, 7) is 4.10. The Morgan fingerprint density at radius 2 is 2.33 bits per heavy atom. The van der Waals surface area contributed by atoms with Crippen LogP contribution in [0.15, 0.2) is 4.52 Å². The molecule has 0 aromatic carbocycles. The average molecular weight is 227 g/mol. The van der Waals surface area contributed by atoms with Gasteiger partial charge in [-0.2, -0.15) is 16.7 Å². The minimum atomic E-state index is -0.428. The molecule has 1 fully saturated rings. The van der Waals surface area contributed by atoms with Gasteiger partial charge >= 0.3 is 0 Å². The Kier molecular flexibility index (Phi) is 3.02. The molecule has 1 aliphatic rings. The molecule has 0 bridgehead atoms. The molecule has 1 saturated carbocycles. The van der Waals surface area contributed by atoms with E-state index in [0.29, 0.717) is 11.8 Å². The second-order valence-corrected chi connectivity index (χ2v) is 5.48. The lowest BCUT2D eigenvalue weighted by molar-refractivity contribution is 0.272. The quantitative estimate of drug-likeness (QED) is 0.832. The van der Waals surface area contributed by atoms with Crippen LogP contribution >= 0.6 is 11.8 Å². The maximum atomic E-state index is 6.18. The summed E-state index contributed by atoms with van der Waals surface area (Å²) >= 11 is 1.78. The fourth-order valence-corrected chi connectivity index (χ4v) is 2.09. The van der Waals surface area contributed by atoms with Gasteiger partial charge in [0, 0.05) is 0 Å². The van der Waals surface area contributed by atoms with E-state index in [-0.39, 0.29) is 0 Å². The number of thioether (sulfide) groups is 1. The maximum absolute atomic E-state index is 6.18. The van der Waals surface area contributed by atoms with Gasteiger partial charge in [-0.1, -0.05) is 12.1 Å². The van der Waals surface area contributed by atoms with Crippen LogP contribution in [0.1, 0.15) is 38.4 Å². The first-order chi connectivity index (χ1) is 7.14. The summed E-state index contributed by atoms with van der Waals surface area (Å²) in [6.07, 6.45) is 2.35. The van der Waals surface area contributed by atoms with E-state index in [9.17, 15) is 0 Å². The van der Waals surface area contributed by atoms with E-state index in [0.717, 1.165) is 17.3 Å². The van der Waals surface area contributed by atoms with E-state index < -0.39 is 5.54 Å². The summed E-state index contributed by atoms with van der Waals surface area (Å²) in [4.78, 5) is 4.36. The molecule has 0 saturated heterocycles.